The lowest BCUT2D eigenvalue weighted by Crippen LogP contribution is -2.26. The van der Waals surface area contributed by atoms with Gasteiger partial charge in [0.05, 0.1) is 20.3 Å². The minimum atomic E-state index is -0.523. The van der Waals surface area contributed by atoms with Gasteiger partial charge in [-0.1, -0.05) is 20.8 Å². The van der Waals surface area contributed by atoms with E-state index in [0.29, 0.717) is 26.3 Å². The van der Waals surface area contributed by atoms with Gasteiger partial charge in [0, 0.05) is 25.2 Å². The van der Waals surface area contributed by atoms with E-state index in [1.165, 1.54) is 7.11 Å². The smallest absolute Gasteiger partial charge is 0.417 e. The molecule has 126 valence electrons. The van der Waals surface area contributed by atoms with Crippen LogP contribution in [0.3, 0.4) is 0 Å². The van der Waals surface area contributed by atoms with Crippen LogP contribution in [0.5, 0.6) is 0 Å². The van der Waals surface area contributed by atoms with Crippen molar-refractivity contribution in [1.82, 2.24) is 14.8 Å². The number of hydrogen-bond acceptors (Lipinski definition) is 7. The van der Waals surface area contributed by atoms with Crippen molar-refractivity contribution in [2.45, 2.75) is 27.2 Å². The van der Waals surface area contributed by atoms with E-state index in [-0.39, 0.29) is 6.61 Å². The number of rotatable bonds is 10. The van der Waals surface area contributed by atoms with Gasteiger partial charge in [-0.15, -0.1) is 0 Å². The van der Waals surface area contributed by atoms with E-state index < -0.39 is 12.2 Å². The SMILES string of the molecule is CC.CCCNC(=O)OCCOCCNSNC(=O)OC. The van der Waals surface area contributed by atoms with E-state index in [1.807, 2.05) is 20.8 Å². The van der Waals surface area contributed by atoms with Gasteiger partial charge < -0.3 is 19.5 Å². The number of ether oxygens (including phenoxy) is 3. The maximum atomic E-state index is 11.0. The minimum Gasteiger partial charge on any atom is -0.452 e. The second kappa shape index (κ2) is 18.8. The van der Waals surface area contributed by atoms with E-state index in [4.69, 9.17) is 9.47 Å². The predicted octanol–water partition coefficient (Wildman–Crippen LogP) is 1.67. The Bertz CT molecular complexity index is 257. The van der Waals surface area contributed by atoms with Crippen molar-refractivity contribution in [2.75, 3.05) is 40.0 Å². The van der Waals surface area contributed by atoms with Gasteiger partial charge >= 0.3 is 12.2 Å². The lowest BCUT2D eigenvalue weighted by Gasteiger charge is -2.07. The Kier molecular flexibility index (Phi) is 19.8. The normalized spacial score (nSPS) is 9.14. The molecule has 0 fully saturated rings. The Balaban J connectivity index is 0. The van der Waals surface area contributed by atoms with Crippen LogP contribution >= 0.6 is 12.1 Å². The van der Waals surface area contributed by atoms with Crippen LogP contribution in [0.2, 0.25) is 0 Å². The minimum absolute atomic E-state index is 0.211. The van der Waals surface area contributed by atoms with Gasteiger partial charge in [0.15, 0.2) is 0 Å². The van der Waals surface area contributed by atoms with Crippen molar-refractivity contribution in [3.63, 3.8) is 0 Å². The Morgan fingerprint density at radius 2 is 1.76 bits per heavy atom. The highest BCUT2D eigenvalue weighted by atomic mass is 32.2. The van der Waals surface area contributed by atoms with Crippen molar-refractivity contribution >= 4 is 24.3 Å². The topological polar surface area (TPSA) is 97.9 Å². The molecule has 0 rings (SSSR count). The molecule has 0 aliphatic heterocycles. The molecule has 0 bridgehead atoms. The molecule has 8 nitrogen and oxygen atoms in total. The average molecular weight is 325 g/mol. The molecule has 21 heavy (non-hydrogen) atoms. The first-order valence-corrected chi connectivity index (χ1v) is 7.73. The molecule has 0 radical (unpaired) electrons. The van der Waals surface area contributed by atoms with Gasteiger partial charge in [-0.25, -0.2) is 14.3 Å². The predicted molar refractivity (Wildman–Crippen MR) is 82.9 cm³/mol. The van der Waals surface area contributed by atoms with Crippen LogP contribution in [0.1, 0.15) is 27.2 Å². The molecule has 0 aliphatic rings. The van der Waals surface area contributed by atoms with Gasteiger partial charge in [0.2, 0.25) is 0 Å². The summed E-state index contributed by atoms with van der Waals surface area (Å²) in [5.74, 6) is 0. The van der Waals surface area contributed by atoms with Crippen LogP contribution in [-0.4, -0.2) is 52.2 Å². The van der Waals surface area contributed by atoms with Gasteiger partial charge in [0.1, 0.15) is 6.61 Å². The largest absolute Gasteiger partial charge is 0.452 e. The molecule has 0 aromatic heterocycles. The van der Waals surface area contributed by atoms with Crippen LogP contribution < -0.4 is 14.8 Å². The monoisotopic (exact) mass is 325 g/mol. The highest BCUT2D eigenvalue weighted by Crippen LogP contribution is 1.86. The summed E-state index contributed by atoms with van der Waals surface area (Å²) >= 11 is 1.01. The highest BCUT2D eigenvalue weighted by molar-refractivity contribution is 7.96. The van der Waals surface area contributed by atoms with E-state index in [9.17, 15) is 9.59 Å². The second-order valence-corrected chi connectivity index (χ2v) is 3.96. The number of carbonyl (C=O) groups excluding carboxylic acids is 2. The van der Waals surface area contributed by atoms with Gasteiger partial charge in [-0.3, -0.25) is 4.72 Å². The number of hydrogen-bond donors (Lipinski definition) is 3. The van der Waals surface area contributed by atoms with E-state index in [2.05, 4.69) is 19.5 Å². The lowest BCUT2D eigenvalue weighted by molar-refractivity contribution is 0.0756. The summed E-state index contributed by atoms with van der Waals surface area (Å²) in [6.45, 7) is 8.09. The number of alkyl carbamates (subject to hydrolysis) is 1. The zero-order valence-corrected chi connectivity index (χ0v) is 14.0. The fraction of sp³-hybridized carbons (Fsp3) is 0.833. The third-order valence-electron chi connectivity index (χ3n) is 1.72. The van der Waals surface area contributed by atoms with Crippen LogP contribution in [0.25, 0.3) is 0 Å². The van der Waals surface area contributed by atoms with Crippen molar-refractivity contribution in [3.05, 3.63) is 0 Å². The molecule has 0 saturated carbocycles. The summed E-state index contributed by atoms with van der Waals surface area (Å²) in [7, 11) is 1.29. The zero-order chi connectivity index (χ0) is 16.3. The van der Waals surface area contributed by atoms with E-state index in [1.54, 1.807) is 0 Å². The Labute approximate surface area is 130 Å². The number of methoxy groups -OCH3 is 1. The van der Waals surface area contributed by atoms with Gasteiger partial charge in [-0.2, -0.15) is 0 Å². The molecule has 0 saturated heterocycles. The van der Waals surface area contributed by atoms with Crippen molar-refractivity contribution in [2.24, 2.45) is 0 Å². The fourth-order valence-corrected chi connectivity index (χ4v) is 1.28. The quantitative estimate of drug-likeness (QED) is 0.415. The Morgan fingerprint density at radius 3 is 2.38 bits per heavy atom. The second-order valence-electron chi connectivity index (χ2n) is 3.27. The molecule has 9 heteroatoms. The number of amides is 2. The molecule has 2 amide bonds. The first kappa shape index (κ1) is 22.1. The summed E-state index contributed by atoms with van der Waals surface area (Å²) in [5, 5.41) is 2.58. The third kappa shape index (κ3) is 18.8. The molecule has 0 aromatic carbocycles. The Hall–Kier alpha value is -1.19. The van der Waals surface area contributed by atoms with Crippen LogP contribution in [0, 0.1) is 0 Å². The molecule has 0 unspecified atom stereocenters. The first-order valence-electron chi connectivity index (χ1n) is 6.91. The summed E-state index contributed by atoms with van der Waals surface area (Å²) in [6.07, 6.45) is -0.0829. The third-order valence-corrected chi connectivity index (χ3v) is 2.34. The maximum Gasteiger partial charge on any atom is 0.417 e. The first-order chi connectivity index (χ1) is 10.2. The molecule has 3 N–H and O–H groups in total. The summed E-state index contributed by atoms with van der Waals surface area (Å²) in [5.41, 5.74) is 0. The van der Waals surface area contributed by atoms with Crippen molar-refractivity contribution in [1.29, 1.82) is 0 Å². The highest BCUT2D eigenvalue weighted by Gasteiger charge is 1.99. The lowest BCUT2D eigenvalue weighted by atomic mass is 10.5. The molecule has 0 heterocycles. The van der Waals surface area contributed by atoms with E-state index >= 15 is 0 Å². The number of carbonyl (C=O) groups is 2. The summed E-state index contributed by atoms with van der Waals surface area (Å²) < 4.78 is 19.6. The standard InChI is InChI=1S/C10H21N3O5S.C2H6/c1-3-4-11-9(14)18-8-7-17-6-5-12-19-13-10(15)16-2;1-2/h12H,3-8H2,1-2H3,(H,11,14)(H,13,15);1-2H3. The maximum absolute atomic E-state index is 11.0. The van der Waals surface area contributed by atoms with Crippen LogP contribution in [-0.2, 0) is 14.2 Å². The van der Waals surface area contributed by atoms with Crippen LogP contribution in [0.4, 0.5) is 9.59 Å². The van der Waals surface area contributed by atoms with Crippen LogP contribution in [0.15, 0.2) is 0 Å². The molecule has 0 aliphatic carbocycles. The molecule has 0 aromatic rings. The van der Waals surface area contributed by atoms with Gasteiger partial charge in [0.25, 0.3) is 0 Å². The molecular weight excluding hydrogens is 298 g/mol. The average Bonchev–Trinajstić information content (AvgIpc) is 2.52. The summed E-state index contributed by atoms with van der Waals surface area (Å²) in [4.78, 5) is 21.7. The summed E-state index contributed by atoms with van der Waals surface area (Å²) in [6, 6.07) is 0. The van der Waals surface area contributed by atoms with E-state index in [0.717, 1.165) is 18.6 Å². The molecule has 0 atom stereocenters. The fourth-order valence-electron chi connectivity index (χ4n) is 0.858. The zero-order valence-electron chi connectivity index (χ0n) is 13.2. The number of nitrogens with one attached hydrogen (secondary N) is 3. The van der Waals surface area contributed by atoms with Crippen molar-refractivity contribution < 1.29 is 23.8 Å². The van der Waals surface area contributed by atoms with Crippen molar-refractivity contribution in [3.8, 4) is 0 Å². The molecular formula is C12H27N3O5S. The van der Waals surface area contributed by atoms with Gasteiger partial charge in [-0.05, 0) is 6.42 Å². The molecule has 0 spiro atoms. The Morgan fingerprint density at radius 1 is 1.05 bits per heavy atom.